The topological polar surface area (TPSA) is 56.3 Å². The van der Waals surface area contributed by atoms with Crippen LogP contribution < -0.4 is 14.8 Å². The van der Waals surface area contributed by atoms with E-state index < -0.39 is 0 Å². The first-order chi connectivity index (χ1) is 10.3. The summed E-state index contributed by atoms with van der Waals surface area (Å²) >= 11 is 0. The maximum atomic E-state index is 5.79. The summed E-state index contributed by atoms with van der Waals surface area (Å²) < 4.78 is 11.1. The first-order valence-electron chi connectivity index (χ1n) is 7.12. The van der Waals surface area contributed by atoms with Crippen LogP contribution >= 0.6 is 0 Å². The summed E-state index contributed by atoms with van der Waals surface area (Å²) in [6, 6.07) is 8.06. The van der Waals surface area contributed by atoms with Gasteiger partial charge in [-0.15, -0.1) is 0 Å². The molecule has 1 aromatic heterocycles. The number of aromatic nitrogens is 2. The first kappa shape index (κ1) is 15.1. The van der Waals surface area contributed by atoms with Crippen molar-refractivity contribution in [2.24, 2.45) is 0 Å². The van der Waals surface area contributed by atoms with Crippen molar-refractivity contribution in [1.29, 1.82) is 0 Å². The zero-order chi connectivity index (χ0) is 15.1. The molecule has 1 aromatic carbocycles. The third-order valence-corrected chi connectivity index (χ3v) is 3.17. The first-order valence-corrected chi connectivity index (χ1v) is 7.12. The Morgan fingerprint density at radius 3 is 2.52 bits per heavy atom. The summed E-state index contributed by atoms with van der Waals surface area (Å²) in [5.41, 5.74) is 1.31. The van der Waals surface area contributed by atoms with E-state index in [1.807, 2.05) is 12.1 Å². The fourth-order valence-electron chi connectivity index (χ4n) is 2.01. The largest absolute Gasteiger partial charge is 0.489 e. The van der Waals surface area contributed by atoms with E-state index in [9.17, 15) is 0 Å². The Kier molecular flexibility index (Phi) is 5.37. The van der Waals surface area contributed by atoms with Gasteiger partial charge in [0.15, 0.2) is 5.82 Å². The molecular formula is C16H21N3O2. The minimum Gasteiger partial charge on any atom is -0.489 e. The van der Waals surface area contributed by atoms with Crippen LogP contribution in [0.4, 0.5) is 5.82 Å². The van der Waals surface area contributed by atoms with Crippen molar-refractivity contribution >= 4 is 5.82 Å². The highest BCUT2D eigenvalue weighted by Gasteiger charge is 2.13. The molecule has 0 atom stereocenters. The molecule has 0 radical (unpaired) electrons. The van der Waals surface area contributed by atoms with E-state index in [0.29, 0.717) is 17.4 Å². The molecule has 0 aliphatic rings. The Hall–Kier alpha value is -2.30. The van der Waals surface area contributed by atoms with Crippen LogP contribution in [0, 0.1) is 0 Å². The lowest BCUT2D eigenvalue weighted by molar-refractivity contribution is 0.369. The average molecular weight is 287 g/mol. The molecule has 0 fully saturated rings. The molecule has 5 nitrogen and oxygen atoms in total. The van der Waals surface area contributed by atoms with E-state index in [0.717, 1.165) is 12.2 Å². The molecule has 0 amide bonds. The Morgan fingerprint density at radius 2 is 1.90 bits per heavy atom. The molecule has 1 heterocycles. The van der Waals surface area contributed by atoms with Gasteiger partial charge in [0.05, 0.1) is 7.11 Å². The van der Waals surface area contributed by atoms with Gasteiger partial charge < -0.3 is 14.8 Å². The zero-order valence-corrected chi connectivity index (χ0v) is 12.7. The van der Waals surface area contributed by atoms with Crippen LogP contribution in [0.25, 0.3) is 0 Å². The highest BCUT2D eigenvalue weighted by atomic mass is 16.5. The molecule has 5 heteroatoms. The fourth-order valence-corrected chi connectivity index (χ4v) is 2.01. The summed E-state index contributed by atoms with van der Waals surface area (Å²) in [6.45, 7) is 2.19. The number of unbranched alkanes of at least 4 members (excludes halogenated alkanes) is 1. The van der Waals surface area contributed by atoms with Crippen LogP contribution in [-0.4, -0.2) is 24.1 Å². The van der Waals surface area contributed by atoms with E-state index in [-0.39, 0.29) is 0 Å². The SMILES string of the molecule is CCCCc1ccc(Oc2ncnc(NC)c2OC)cc1. The summed E-state index contributed by atoms with van der Waals surface area (Å²) in [6.07, 6.45) is 4.94. The number of benzene rings is 1. The summed E-state index contributed by atoms with van der Waals surface area (Å²) in [7, 11) is 3.34. The quantitative estimate of drug-likeness (QED) is 0.842. The highest BCUT2D eigenvalue weighted by Crippen LogP contribution is 2.33. The summed E-state index contributed by atoms with van der Waals surface area (Å²) in [5.74, 6) is 2.23. The van der Waals surface area contributed by atoms with Crippen molar-refractivity contribution in [2.45, 2.75) is 26.2 Å². The molecule has 0 spiro atoms. The molecule has 0 aliphatic carbocycles. The molecule has 1 N–H and O–H groups in total. The Morgan fingerprint density at radius 1 is 1.14 bits per heavy atom. The lowest BCUT2D eigenvalue weighted by Gasteiger charge is -2.12. The summed E-state index contributed by atoms with van der Waals surface area (Å²) in [4.78, 5) is 8.22. The maximum Gasteiger partial charge on any atom is 0.268 e. The van der Waals surface area contributed by atoms with Crippen molar-refractivity contribution < 1.29 is 9.47 Å². The minimum atomic E-state index is 0.401. The van der Waals surface area contributed by atoms with Gasteiger partial charge in [0.1, 0.15) is 12.1 Å². The van der Waals surface area contributed by atoms with E-state index in [4.69, 9.17) is 9.47 Å². The second-order valence-corrected chi connectivity index (χ2v) is 4.66. The lowest BCUT2D eigenvalue weighted by atomic mass is 10.1. The Labute approximate surface area is 125 Å². The standard InChI is InChI=1S/C16H21N3O2/c1-4-5-6-12-7-9-13(10-8-12)21-16-14(20-3)15(17-2)18-11-19-16/h7-11H,4-6H2,1-3H3,(H,17,18,19). The van der Waals surface area contributed by atoms with E-state index >= 15 is 0 Å². The number of anilines is 1. The van der Waals surface area contributed by atoms with E-state index in [2.05, 4.69) is 34.3 Å². The zero-order valence-electron chi connectivity index (χ0n) is 12.7. The van der Waals surface area contributed by atoms with E-state index in [1.165, 1.54) is 24.7 Å². The number of rotatable bonds is 7. The van der Waals surface area contributed by atoms with Gasteiger partial charge in [0, 0.05) is 7.05 Å². The van der Waals surface area contributed by atoms with Gasteiger partial charge in [0.25, 0.3) is 5.88 Å². The van der Waals surface area contributed by atoms with Crippen LogP contribution in [-0.2, 0) is 6.42 Å². The van der Waals surface area contributed by atoms with Gasteiger partial charge in [0.2, 0.25) is 5.75 Å². The molecule has 0 saturated carbocycles. The van der Waals surface area contributed by atoms with Gasteiger partial charge in [-0.25, -0.2) is 4.98 Å². The van der Waals surface area contributed by atoms with Crippen molar-refractivity contribution in [3.8, 4) is 17.4 Å². The van der Waals surface area contributed by atoms with Crippen molar-refractivity contribution in [3.63, 3.8) is 0 Å². The van der Waals surface area contributed by atoms with Crippen LogP contribution in [0.1, 0.15) is 25.3 Å². The number of nitrogens with zero attached hydrogens (tertiary/aromatic N) is 2. The molecule has 0 aliphatic heterocycles. The highest BCUT2D eigenvalue weighted by molar-refractivity contribution is 5.55. The Bertz CT molecular complexity index is 570. The normalized spacial score (nSPS) is 10.2. The van der Waals surface area contributed by atoms with Crippen LogP contribution in [0.5, 0.6) is 17.4 Å². The number of hydrogen-bond donors (Lipinski definition) is 1. The molecule has 0 saturated heterocycles. The number of aryl methyl sites for hydroxylation is 1. The molecular weight excluding hydrogens is 266 g/mol. The second-order valence-electron chi connectivity index (χ2n) is 4.66. The molecule has 0 unspecified atom stereocenters. The number of nitrogens with one attached hydrogen (secondary N) is 1. The van der Waals surface area contributed by atoms with Gasteiger partial charge in [-0.2, -0.15) is 4.98 Å². The smallest absolute Gasteiger partial charge is 0.268 e. The average Bonchev–Trinajstić information content (AvgIpc) is 2.54. The number of hydrogen-bond acceptors (Lipinski definition) is 5. The van der Waals surface area contributed by atoms with Gasteiger partial charge in [-0.1, -0.05) is 25.5 Å². The third kappa shape index (κ3) is 3.84. The fraction of sp³-hybridized carbons (Fsp3) is 0.375. The molecule has 112 valence electrons. The van der Waals surface area contributed by atoms with Crippen LogP contribution in [0.2, 0.25) is 0 Å². The van der Waals surface area contributed by atoms with Crippen LogP contribution in [0.3, 0.4) is 0 Å². The van der Waals surface area contributed by atoms with Crippen LogP contribution in [0.15, 0.2) is 30.6 Å². The molecule has 0 bridgehead atoms. The van der Waals surface area contributed by atoms with Gasteiger partial charge >= 0.3 is 0 Å². The van der Waals surface area contributed by atoms with E-state index in [1.54, 1.807) is 14.2 Å². The van der Waals surface area contributed by atoms with Gasteiger partial charge in [-0.05, 0) is 30.5 Å². The number of methoxy groups -OCH3 is 1. The van der Waals surface area contributed by atoms with Crippen molar-refractivity contribution in [3.05, 3.63) is 36.2 Å². The maximum absolute atomic E-state index is 5.79. The molecule has 21 heavy (non-hydrogen) atoms. The lowest BCUT2D eigenvalue weighted by Crippen LogP contribution is -2.00. The third-order valence-electron chi connectivity index (χ3n) is 3.17. The Balaban J connectivity index is 2.14. The minimum absolute atomic E-state index is 0.401. The molecule has 2 rings (SSSR count). The predicted molar refractivity (Wildman–Crippen MR) is 83.3 cm³/mol. The summed E-state index contributed by atoms with van der Waals surface area (Å²) in [5, 5.41) is 2.95. The van der Waals surface area contributed by atoms with Crippen molar-refractivity contribution in [2.75, 3.05) is 19.5 Å². The predicted octanol–water partition coefficient (Wildman–Crippen LogP) is 3.66. The van der Waals surface area contributed by atoms with Gasteiger partial charge in [-0.3, -0.25) is 0 Å². The van der Waals surface area contributed by atoms with Crippen molar-refractivity contribution in [1.82, 2.24) is 9.97 Å². The monoisotopic (exact) mass is 287 g/mol. The molecule has 2 aromatic rings. The number of ether oxygens (including phenoxy) is 2. The second kappa shape index (κ2) is 7.47.